The Morgan fingerprint density at radius 1 is 1.00 bits per heavy atom. The SMILES string of the molecule is CCCCNC(=O)c1cccc(C(=O)Nc2ccc3c(c2)OCO3)c1. The predicted octanol–water partition coefficient (Wildman–Crippen LogP) is 3.20. The van der Waals surface area contributed by atoms with Crippen LogP contribution < -0.4 is 20.1 Å². The van der Waals surface area contributed by atoms with E-state index in [2.05, 4.69) is 17.6 Å². The molecular formula is C19H20N2O4. The molecule has 130 valence electrons. The van der Waals surface area contributed by atoms with Crippen LogP contribution in [-0.2, 0) is 0 Å². The van der Waals surface area contributed by atoms with Crippen LogP contribution in [0.15, 0.2) is 42.5 Å². The van der Waals surface area contributed by atoms with Crippen molar-refractivity contribution in [2.45, 2.75) is 19.8 Å². The molecule has 0 radical (unpaired) electrons. The average Bonchev–Trinajstić information content (AvgIpc) is 3.09. The summed E-state index contributed by atoms with van der Waals surface area (Å²) < 4.78 is 10.5. The molecule has 0 spiro atoms. The fraction of sp³-hybridized carbons (Fsp3) is 0.263. The molecule has 0 aliphatic carbocycles. The van der Waals surface area contributed by atoms with Gasteiger partial charge in [-0.2, -0.15) is 0 Å². The smallest absolute Gasteiger partial charge is 0.255 e. The van der Waals surface area contributed by atoms with Gasteiger partial charge in [0.05, 0.1) is 0 Å². The Hall–Kier alpha value is -3.02. The molecule has 6 nitrogen and oxygen atoms in total. The molecule has 0 saturated heterocycles. The van der Waals surface area contributed by atoms with Crippen LogP contribution in [0.5, 0.6) is 11.5 Å². The number of amides is 2. The lowest BCUT2D eigenvalue weighted by atomic mass is 10.1. The zero-order valence-electron chi connectivity index (χ0n) is 14.0. The molecule has 0 unspecified atom stereocenters. The van der Waals surface area contributed by atoms with E-state index in [1.54, 1.807) is 42.5 Å². The van der Waals surface area contributed by atoms with Gasteiger partial charge in [0.25, 0.3) is 11.8 Å². The molecule has 1 aliphatic heterocycles. The van der Waals surface area contributed by atoms with Crippen molar-refractivity contribution in [1.29, 1.82) is 0 Å². The number of rotatable bonds is 6. The second kappa shape index (κ2) is 7.70. The highest BCUT2D eigenvalue weighted by molar-refractivity contribution is 6.06. The maximum Gasteiger partial charge on any atom is 0.255 e. The van der Waals surface area contributed by atoms with Gasteiger partial charge in [-0.05, 0) is 36.8 Å². The number of benzene rings is 2. The molecule has 0 fully saturated rings. The molecule has 0 atom stereocenters. The van der Waals surface area contributed by atoms with E-state index in [-0.39, 0.29) is 18.6 Å². The largest absolute Gasteiger partial charge is 0.454 e. The molecule has 0 bridgehead atoms. The third kappa shape index (κ3) is 4.09. The highest BCUT2D eigenvalue weighted by atomic mass is 16.7. The van der Waals surface area contributed by atoms with Crippen molar-refractivity contribution < 1.29 is 19.1 Å². The van der Waals surface area contributed by atoms with E-state index in [9.17, 15) is 9.59 Å². The molecule has 2 aromatic rings. The van der Waals surface area contributed by atoms with E-state index in [4.69, 9.17) is 9.47 Å². The van der Waals surface area contributed by atoms with Crippen molar-refractivity contribution in [1.82, 2.24) is 5.32 Å². The van der Waals surface area contributed by atoms with E-state index < -0.39 is 0 Å². The summed E-state index contributed by atoms with van der Waals surface area (Å²) in [7, 11) is 0. The second-order valence-corrected chi connectivity index (χ2v) is 5.71. The van der Waals surface area contributed by atoms with Gasteiger partial charge in [0.2, 0.25) is 6.79 Å². The van der Waals surface area contributed by atoms with Crippen molar-refractivity contribution in [3.63, 3.8) is 0 Å². The number of fused-ring (bicyclic) bond motifs is 1. The molecule has 25 heavy (non-hydrogen) atoms. The first-order chi connectivity index (χ1) is 12.2. The summed E-state index contributed by atoms with van der Waals surface area (Å²) >= 11 is 0. The summed E-state index contributed by atoms with van der Waals surface area (Å²) in [5, 5.41) is 5.64. The van der Waals surface area contributed by atoms with Gasteiger partial charge in [-0.1, -0.05) is 19.4 Å². The van der Waals surface area contributed by atoms with Crippen LogP contribution >= 0.6 is 0 Å². The van der Waals surface area contributed by atoms with Gasteiger partial charge in [-0.25, -0.2) is 0 Å². The van der Waals surface area contributed by atoms with Crippen molar-refractivity contribution in [3.8, 4) is 11.5 Å². The fourth-order valence-corrected chi connectivity index (χ4v) is 2.46. The Balaban J connectivity index is 1.68. The van der Waals surface area contributed by atoms with Crippen LogP contribution in [0, 0.1) is 0 Å². The molecular weight excluding hydrogens is 320 g/mol. The van der Waals surface area contributed by atoms with Crippen LogP contribution in [0.1, 0.15) is 40.5 Å². The third-order valence-corrected chi connectivity index (χ3v) is 3.83. The maximum atomic E-state index is 12.4. The van der Waals surface area contributed by atoms with Crippen LogP contribution in [0.2, 0.25) is 0 Å². The third-order valence-electron chi connectivity index (χ3n) is 3.83. The zero-order valence-corrected chi connectivity index (χ0v) is 14.0. The van der Waals surface area contributed by atoms with E-state index in [0.29, 0.717) is 34.9 Å². The van der Waals surface area contributed by atoms with Gasteiger partial charge in [-0.15, -0.1) is 0 Å². The minimum Gasteiger partial charge on any atom is -0.454 e. The summed E-state index contributed by atoms with van der Waals surface area (Å²) in [5.41, 5.74) is 1.49. The first-order valence-electron chi connectivity index (χ1n) is 8.26. The summed E-state index contributed by atoms with van der Waals surface area (Å²) in [6, 6.07) is 11.8. The van der Waals surface area contributed by atoms with Gasteiger partial charge in [0, 0.05) is 29.4 Å². The number of nitrogens with one attached hydrogen (secondary N) is 2. The van der Waals surface area contributed by atoms with Gasteiger partial charge in [-0.3, -0.25) is 9.59 Å². The molecule has 6 heteroatoms. The van der Waals surface area contributed by atoms with Gasteiger partial charge >= 0.3 is 0 Å². The summed E-state index contributed by atoms with van der Waals surface area (Å²) in [6.45, 7) is 2.87. The lowest BCUT2D eigenvalue weighted by Crippen LogP contribution is -2.24. The van der Waals surface area contributed by atoms with E-state index in [1.165, 1.54) is 0 Å². The van der Waals surface area contributed by atoms with Crippen LogP contribution in [-0.4, -0.2) is 25.2 Å². The number of ether oxygens (including phenoxy) is 2. The summed E-state index contributed by atoms with van der Waals surface area (Å²) in [5.74, 6) is 0.791. The molecule has 0 aromatic heterocycles. The zero-order chi connectivity index (χ0) is 17.6. The Morgan fingerprint density at radius 3 is 2.56 bits per heavy atom. The second-order valence-electron chi connectivity index (χ2n) is 5.71. The maximum absolute atomic E-state index is 12.4. The number of carbonyl (C=O) groups excluding carboxylic acids is 2. The van der Waals surface area contributed by atoms with E-state index in [0.717, 1.165) is 12.8 Å². The summed E-state index contributed by atoms with van der Waals surface area (Å²) in [4.78, 5) is 24.5. The topological polar surface area (TPSA) is 76.7 Å². The fourth-order valence-electron chi connectivity index (χ4n) is 2.46. The predicted molar refractivity (Wildman–Crippen MR) is 94.2 cm³/mol. The Bertz CT molecular complexity index is 789. The molecule has 0 saturated carbocycles. The van der Waals surface area contributed by atoms with Gasteiger partial charge in [0.1, 0.15) is 0 Å². The van der Waals surface area contributed by atoms with Crippen molar-refractivity contribution in [2.24, 2.45) is 0 Å². The van der Waals surface area contributed by atoms with Crippen molar-refractivity contribution in [3.05, 3.63) is 53.6 Å². The monoisotopic (exact) mass is 340 g/mol. The number of unbranched alkanes of at least 4 members (excludes halogenated alkanes) is 1. The standard InChI is InChI=1S/C19H20N2O4/c1-2-3-9-20-18(22)13-5-4-6-14(10-13)19(23)21-15-7-8-16-17(11-15)25-12-24-16/h4-8,10-11H,2-3,9,12H2,1H3,(H,20,22)(H,21,23). The Morgan fingerprint density at radius 2 is 1.76 bits per heavy atom. The lowest BCUT2D eigenvalue weighted by Gasteiger charge is -2.08. The van der Waals surface area contributed by atoms with Crippen LogP contribution in [0.25, 0.3) is 0 Å². The molecule has 1 heterocycles. The first-order valence-corrected chi connectivity index (χ1v) is 8.26. The molecule has 3 rings (SSSR count). The van der Waals surface area contributed by atoms with Crippen molar-refractivity contribution >= 4 is 17.5 Å². The first kappa shape index (κ1) is 16.8. The van der Waals surface area contributed by atoms with E-state index in [1.807, 2.05) is 0 Å². The normalized spacial score (nSPS) is 11.9. The molecule has 2 amide bonds. The summed E-state index contributed by atoms with van der Waals surface area (Å²) in [6.07, 6.45) is 1.94. The van der Waals surface area contributed by atoms with Gasteiger partial charge < -0.3 is 20.1 Å². The molecule has 2 aromatic carbocycles. The minimum absolute atomic E-state index is 0.175. The van der Waals surface area contributed by atoms with Crippen LogP contribution in [0.4, 0.5) is 5.69 Å². The van der Waals surface area contributed by atoms with Crippen molar-refractivity contribution in [2.75, 3.05) is 18.7 Å². The van der Waals surface area contributed by atoms with E-state index >= 15 is 0 Å². The molecule has 1 aliphatic rings. The highest BCUT2D eigenvalue weighted by Crippen LogP contribution is 2.34. The van der Waals surface area contributed by atoms with Crippen LogP contribution in [0.3, 0.4) is 0 Å². The van der Waals surface area contributed by atoms with Gasteiger partial charge in [0.15, 0.2) is 11.5 Å². The Labute approximate surface area is 146 Å². The number of carbonyl (C=O) groups is 2. The lowest BCUT2D eigenvalue weighted by molar-refractivity contribution is 0.0953. The number of hydrogen-bond acceptors (Lipinski definition) is 4. The quantitative estimate of drug-likeness (QED) is 0.792. The number of anilines is 1. The average molecular weight is 340 g/mol. The minimum atomic E-state index is -0.290. The molecule has 2 N–H and O–H groups in total. The highest BCUT2D eigenvalue weighted by Gasteiger charge is 2.15. The Kier molecular flexibility index (Phi) is 5.18. The number of hydrogen-bond donors (Lipinski definition) is 2.